The second kappa shape index (κ2) is 3.48. The predicted octanol–water partition coefficient (Wildman–Crippen LogP) is 1.84. The topological polar surface area (TPSA) is 20.2 Å². The normalized spacial score (nSPS) is 46.9. The Kier molecular flexibility index (Phi) is 2.82. The van der Waals surface area contributed by atoms with Gasteiger partial charge in [0.1, 0.15) is 12.3 Å². The highest BCUT2D eigenvalue weighted by Gasteiger charge is 2.33. The van der Waals surface area contributed by atoms with E-state index in [0.29, 0.717) is 12.8 Å². The van der Waals surface area contributed by atoms with Crippen LogP contribution in [0.2, 0.25) is 0 Å². The second-order valence-electron chi connectivity index (χ2n) is 3.32. The molecule has 3 unspecified atom stereocenters. The number of aliphatic hydroxyl groups excluding tert-OH is 1. The zero-order valence-electron chi connectivity index (χ0n) is 6.63. The standard InChI is InChI=1S/C8H14F2O/c1-5-7(11)4-2-3-6(9)8(5)10/h5-8,11H,2-4H2,1H3/t5-,6?,7?,8?/m0/s1. The van der Waals surface area contributed by atoms with E-state index in [4.69, 9.17) is 0 Å². The van der Waals surface area contributed by atoms with Gasteiger partial charge in [-0.05, 0) is 19.3 Å². The molecule has 0 spiro atoms. The molecule has 3 heteroatoms. The van der Waals surface area contributed by atoms with E-state index in [-0.39, 0.29) is 6.42 Å². The molecule has 1 nitrogen and oxygen atoms in total. The summed E-state index contributed by atoms with van der Waals surface area (Å²) in [6.45, 7) is 1.56. The molecule has 1 aliphatic rings. The molecule has 1 saturated carbocycles. The molecule has 0 aromatic heterocycles. The maximum atomic E-state index is 12.9. The average molecular weight is 164 g/mol. The van der Waals surface area contributed by atoms with Gasteiger partial charge in [-0.1, -0.05) is 6.92 Å². The maximum Gasteiger partial charge on any atom is 0.136 e. The zero-order chi connectivity index (χ0) is 8.43. The van der Waals surface area contributed by atoms with E-state index in [1.807, 2.05) is 0 Å². The monoisotopic (exact) mass is 164 g/mol. The Hall–Kier alpha value is -0.180. The quantitative estimate of drug-likeness (QED) is 0.542. The fourth-order valence-electron chi connectivity index (χ4n) is 1.49. The number of alkyl halides is 2. The van der Waals surface area contributed by atoms with Crippen LogP contribution in [0.15, 0.2) is 0 Å². The number of hydrogen-bond acceptors (Lipinski definition) is 1. The first-order valence-corrected chi connectivity index (χ1v) is 4.09. The van der Waals surface area contributed by atoms with Crippen LogP contribution in [0.3, 0.4) is 0 Å². The van der Waals surface area contributed by atoms with Crippen LogP contribution in [0.4, 0.5) is 8.78 Å². The first-order valence-electron chi connectivity index (χ1n) is 4.09. The lowest BCUT2D eigenvalue weighted by molar-refractivity contribution is 0.0411. The third-order valence-electron chi connectivity index (χ3n) is 2.43. The minimum Gasteiger partial charge on any atom is -0.393 e. The largest absolute Gasteiger partial charge is 0.393 e. The number of hydrogen-bond donors (Lipinski definition) is 1. The minimum atomic E-state index is -1.48. The molecule has 0 bridgehead atoms. The molecule has 0 aromatic rings. The molecule has 1 aliphatic carbocycles. The van der Waals surface area contributed by atoms with Crippen molar-refractivity contribution in [2.45, 2.75) is 44.6 Å². The summed E-state index contributed by atoms with van der Waals surface area (Å²) in [5, 5.41) is 9.24. The number of aliphatic hydroxyl groups is 1. The van der Waals surface area contributed by atoms with Gasteiger partial charge in [0.25, 0.3) is 0 Å². The Morgan fingerprint density at radius 1 is 1.27 bits per heavy atom. The summed E-state index contributed by atoms with van der Waals surface area (Å²) in [4.78, 5) is 0. The molecule has 1 N–H and O–H groups in total. The van der Waals surface area contributed by atoms with Crippen molar-refractivity contribution in [2.75, 3.05) is 0 Å². The molecule has 0 heterocycles. The van der Waals surface area contributed by atoms with Crippen molar-refractivity contribution in [3.63, 3.8) is 0 Å². The van der Waals surface area contributed by atoms with E-state index in [1.165, 1.54) is 0 Å². The predicted molar refractivity (Wildman–Crippen MR) is 38.8 cm³/mol. The van der Waals surface area contributed by atoms with E-state index in [2.05, 4.69) is 0 Å². The molecule has 1 rings (SSSR count). The van der Waals surface area contributed by atoms with Crippen molar-refractivity contribution in [1.29, 1.82) is 0 Å². The molecule has 0 aliphatic heterocycles. The van der Waals surface area contributed by atoms with Crippen LogP contribution in [-0.4, -0.2) is 23.6 Å². The molecule has 66 valence electrons. The fraction of sp³-hybridized carbons (Fsp3) is 1.00. The SMILES string of the molecule is C[C@H]1C(O)CCCC(F)C1F. The highest BCUT2D eigenvalue weighted by molar-refractivity contribution is 4.82. The first kappa shape index (κ1) is 8.91. The molecule has 1 fully saturated rings. The third kappa shape index (κ3) is 1.89. The van der Waals surface area contributed by atoms with Gasteiger partial charge in [-0.15, -0.1) is 0 Å². The molecule has 0 radical (unpaired) electrons. The van der Waals surface area contributed by atoms with Crippen LogP contribution in [0.25, 0.3) is 0 Å². The van der Waals surface area contributed by atoms with Gasteiger partial charge in [0.05, 0.1) is 6.10 Å². The summed E-state index contributed by atoms with van der Waals surface area (Å²) in [7, 11) is 0. The smallest absolute Gasteiger partial charge is 0.136 e. The molecule has 4 atom stereocenters. The van der Waals surface area contributed by atoms with Crippen molar-refractivity contribution >= 4 is 0 Å². The Bertz CT molecular complexity index is 115. The Morgan fingerprint density at radius 3 is 2.55 bits per heavy atom. The Balaban J connectivity index is 2.58. The van der Waals surface area contributed by atoms with Crippen LogP contribution in [-0.2, 0) is 0 Å². The maximum absolute atomic E-state index is 12.9. The van der Waals surface area contributed by atoms with Crippen molar-refractivity contribution < 1.29 is 13.9 Å². The molecule has 0 aromatic carbocycles. The Labute approximate surface area is 65.4 Å². The molecule has 0 amide bonds. The van der Waals surface area contributed by atoms with Crippen LogP contribution in [0.1, 0.15) is 26.2 Å². The highest BCUT2D eigenvalue weighted by atomic mass is 19.2. The van der Waals surface area contributed by atoms with Crippen molar-refractivity contribution in [3.05, 3.63) is 0 Å². The van der Waals surface area contributed by atoms with Crippen LogP contribution in [0.5, 0.6) is 0 Å². The van der Waals surface area contributed by atoms with Gasteiger partial charge in [-0.25, -0.2) is 8.78 Å². The van der Waals surface area contributed by atoms with E-state index in [9.17, 15) is 13.9 Å². The third-order valence-corrected chi connectivity index (χ3v) is 2.43. The van der Waals surface area contributed by atoms with Gasteiger partial charge < -0.3 is 5.11 Å². The summed E-state index contributed by atoms with van der Waals surface area (Å²) in [5.74, 6) is -0.549. The molecular weight excluding hydrogens is 150 g/mol. The zero-order valence-corrected chi connectivity index (χ0v) is 6.63. The van der Waals surface area contributed by atoms with Gasteiger partial charge in [0, 0.05) is 5.92 Å². The average Bonchev–Trinajstić information content (AvgIpc) is 2.07. The van der Waals surface area contributed by atoms with E-state index in [0.717, 1.165) is 0 Å². The molecular formula is C8H14F2O. The van der Waals surface area contributed by atoms with Gasteiger partial charge in [0.15, 0.2) is 0 Å². The first-order chi connectivity index (χ1) is 5.13. The fourth-order valence-corrected chi connectivity index (χ4v) is 1.49. The summed E-state index contributed by atoms with van der Waals surface area (Å²) < 4.78 is 25.7. The summed E-state index contributed by atoms with van der Waals surface area (Å²) >= 11 is 0. The molecule has 0 saturated heterocycles. The van der Waals surface area contributed by atoms with Crippen molar-refractivity contribution in [1.82, 2.24) is 0 Å². The minimum absolute atomic E-state index is 0.253. The number of halogens is 2. The summed E-state index contributed by atoms with van der Waals surface area (Å²) in [6, 6.07) is 0. The van der Waals surface area contributed by atoms with Gasteiger partial charge >= 0.3 is 0 Å². The number of rotatable bonds is 0. The lowest BCUT2D eigenvalue weighted by Gasteiger charge is -2.19. The lowest BCUT2D eigenvalue weighted by atomic mass is 9.97. The van der Waals surface area contributed by atoms with Crippen molar-refractivity contribution in [3.8, 4) is 0 Å². The van der Waals surface area contributed by atoms with Crippen LogP contribution in [0, 0.1) is 5.92 Å². The van der Waals surface area contributed by atoms with E-state index in [1.54, 1.807) is 6.92 Å². The van der Waals surface area contributed by atoms with Crippen molar-refractivity contribution in [2.24, 2.45) is 5.92 Å². The van der Waals surface area contributed by atoms with Crippen LogP contribution >= 0.6 is 0 Å². The summed E-state index contributed by atoms with van der Waals surface area (Å²) in [5.41, 5.74) is 0. The van der Waals surface area contributed by atoms with Gasteiger partial charge in [0.2, 0.25) is 0 Å². The Morgan fingerprint density at radius 2 is 1.91 bits per heavy atom. The lowest BCUT2D eigenvalue weighted by Crippen LogP contribution is -2.29. The van der Waals surface area contributed by atoms with Crippen LogP contribution < -0.4 is 0 Å². The van der Waals surface area contributed by atoms with Gasteiger partial charge in [-0.3, -0.25) is 0 Å². The van der Waals surface area contributed by atoms with E-state index >= 15 is 0 Å². The second-order valence-corrected chi connectivity index (χ2v) is 3.32. The summed E-state index contributed by atoms with van der Waals surface area (Å²) in [6.07, 6.45) is -2.14. The van der Waals surface area contributed by atoms with E-state index < -0.39 is 24.4 Å². The molecule has 11 heavy (non-hydrogen) atoms. The highest BCUT2D eigenvalue weighted by Crippen LogP contribution is 2.27. The van der Waals surface area contributed by atoms with Gasteiger partial charge in [-0.2, -0.15) is 0 Å².